The maximum absolute atomic E-state index is 12.9. The van der Waals surface area contributed by atoms with Gasteiger partial charge in [-0.3, -0.25) is 19.3 Å². The Hall–Kier alpha value is -3.22. The number of anilines is 1. The Morgan fingerprint density at radius 2 is 1.91 bits per heavy atom. The van der Waals surface area contributed by atoms with Gasteiger partial charge in [0.15, 0.2) is 11.5 Å². The van der Waals surface area contributed by atoms with Crippen molar-refractivity contribution < 1.29 is 23.9 Å². The average molecular weight is 529 g/mol. The van der Waals surface area contributed by atoms with Crippen LogP contribution in [0.3, 0.4) is 0 Å². The third kappa shape index (κ3) is 5.97. The van der Waals surface area contributed by atoms with Gasteiger partial charge in [-0.2, -0.15) is 0 Å². The van der Waals surface area contributed by atoms with Gasteiger partial charge in [0, 0.05) is 15.7 Å². The summed E-state index contributed by atoms with van der Waals surface area (Å²) in [7, 11) is 1.48. The van der Waals surface area contributed by atoms with E-state index >= 15 is 0 Å². The number of rotatable bonds is 7. The van der Waals surface area contributed by atoms with E-state index in [0.717, 1.165) is 27.8 Å². The van der Waals surface area contributed by atoms with E-state index in [-0.39, 0.29) is 11.5 Å². The lowest BCUT2D eigenvalue weighted by Crippen LogP contribution is -2.36. The van der Waals surface area contributed by atoms with E-state index < -0.39 is 23.6 Å². The molecule has 33 heavy (non-hydrogen) atoms. The molecule has 2 aromatic carbocycles. The van der Waals surface area contributed by atoms with Crippen LogP contribution in [0.25, 0.3) is 6.08 Å². The fourth-order valence-corrected chi connectivity index (χ4v) is 4.57. The molecule has 3 amide bonds. The van der Waals surface area contributed by atoms with Crippen molar-refractivity contribution >= 4 is 56.5 Å². The quantitative estimate of drug-likeness (QED) is 0.411. The maximum atomic E-state index is 12.9. The van der Waals surface area contributed by atoms with Crippen LogP contribution in [0, 0.1) is 26.2 Å². The predicted octanol–water partition coefficient (Wildman–Crippen LogP) is 4.76. The molecule has 0 spiro atoms. The number of hydrogen-bond donors (Lipinski definition) is 1. The molecule has 0 saturated carbocycles. The first kappa shape index (κ1) is 24.4. The molecule has 1 N–H and O–H groups in total. The van der Waals surface area contributed by atoms with Gasteiger partial charge in [-0.15, -0.1) is 6.42 Å². The molecule has 1 heterocycles. The van der Waals surface area contributed by atoms with Gasteiger partial charge < -0.3 is 14.8 Å². The monoisotopic (exact) mass is 528 g/mol. The van der Waals surface area contributed by atoms with Gasteiger partial charge in [0.05, 0.1) is 12.0 Å². The molecular weight excluding hydrogens is 508 g/mol. The van der Waals surface area contributed by atoms with Crippen molar-refractivity contribution in [3.63, 3.8) is 0 Å². The highest BCUT2D eigenvalue weighted by molar-refractivity contribution is 9.10. The summed E-state index contributed by atoms with van der Waals surface area (Å²) in [5.74, 6) is 2.11. The molecule has 1 aliphatic rings. The van der Waals surface area contributed by atoms with Crippen molar-refractivity contribution in [1.82, 2.24) is 4.90 Å². The third-order valence-electron chi connectivity index (χ3n) is 4.54. The van der Waals surface area contributed by atoms with Crippen molar-refractivity contribution in [3.05, 3.63) is 56.4 Å². The van der Waals surface area contributed by atoms with Gasteiger partial charge in [0.25, 0.3) is 11.1 Å². The molecule has 0 aliphatic carbocycles. The Kier molecular flexibility index (Phi) is 7.84. The summed E-state index contributed by atoms with van der Waals surface area (Å²) >= 11 is 4.14. The van der Waals surface area contributed by atoms with Gasteiger partial charge in [-0.05, 0) is 67.1 Å². The van der Waals surface area contributed by atoms with Crippen molar-refractivity contribution in [2.75, 3.05) is 25.6 Å². The Balaban J connectivity index is 1.82. The van der Waals surface area contributed by atoms with Gasteiger partial charge in [0.1, 0.15) is 13.2 Å². The van der Waals surface area contributed by atoms with Crippen LogP contribution in [0.2, 0.25) is 0 Å². The molecule has 9 heteroatoms. The SMILES string of the molecule is C#CCOc1c(/C=C2/SC(=O)N(CC(=O)Nc3cc(C)cc(C)c3)C2=O)cc(Br)cc1OC. The summed E-state index contributed by atoms with van der Waals surface area (Å²) in [6.07, 6.45) is 6.82. The number of carbonyl (C=O) groups is 3. The summed E-state index contributed by atoms with van der Waals surface area (Å²) in [6.45, 7) is 3.45. The molecule has 0 bridgehead atoms. The number of carbonyl (C=O) groups excluding carboxylic acids is 3. The van der Waals surface area contributed by atoms with Gasteiger partial charge in [0.2, 0.25) is 5.91 Å². The molecule has 1 fully saturated rings. The number of halogens is 1. The highest BCUT2D eigenvalue weighted by atomic mass is 79.9. The topological polar surface area (TPSA) is 84.9 Å². The van der Waals surface area contributed by atoms with Crippen molar-refractivity contribution in [2.45, 2.75) is 13.8 Å². The van der Waals surface area contributed by atoms with Crippen LogP contribution in [0.1, 0.15) is 16.7 Å². The summed E-state index contributed by atoms with van der Waals surface area (Å²) in [5.41, 5.74) is 3.09. The zero-order valence-corrected chi connectivity index (χ0v) is 20.6. The highest BCUT2D eigenvalue weighted by Crippen LogP contribution is 2.39. The number of benzene rings is 2. The van der Waals surface area contributed by atoms with Crippen molar-refractivity contribution in [1.29, 1.82) is 0 Å². The molecule has 0 atom stereocenters. The van der Waals surface area contributed by atoms with E-state index in [2.05, 4.69) is 27.2 Å². The largest absolute Gasteiger partial charge is 0.493 e. The smallest absolute Gasteiger partial charge is 0.294 e. The molecule has 2 aromatic rings. The van der Waals surface area contributed by atoms with Gasteiger partial charge in [-0.1, -0.05) is 27.9 Å². The lowest BCUT2D eigenvalue weighted by atomic mass is 10.1. The number of hydrogen-bond acceptors (Lipinski definition) is 6. The normalized spacial score (nSPS) is 14.4. The lowest BCUT2D eigenvalue weighted by molar-refractivity contribution is -0.127. The molecular formula is C24H21BrN2O5S. The van der Waals surface area contributed by atoms with Crippen LogP contribution >= 0.6 is 27.7 Å². The molecule has 0 aromatic heterocycles. The Morgan fingerprint density at radius 1 is 1.21 bits per heavy atom. The summed E-state index contributed by atoms with van der Waals surface area (Å²) in [5, 5.41) is 2.20. The number of imide groups is 1. The molecule has 170 valence electrons. The molecule has 1 saturated heterocycles. The van der Waals surface area contributed by atoms with Crippen LogP contribution < -0.4 is 14.8 Å². The van der Waals surface area contributed by atoms with Crippen molar-refractivity contribution in [3.8, 4) is 23.8 Å². The number of methoxy groups -OCH3 is 1. The Labute approximate surface area is 204 Å². The van der Waals surface area contributed by atoms with Gasteiger partial charge in [-0.25, -0.2) is 0 Å². The van der Waals surface area contributed by atoms with Crippen LogP contribution in [0.5, 0.6) is 11.5 Å². The number of amides is 3. The first-order chi connectivity index (χ1) is 15.7. The molecule has 1 aliphatic heterocycles. The first-order valence-corrected chi connectivity index (χ1v) is 11.4. The van der Waals surface area contributed by atoms with Crippen LogP contribution in [-0.2, 0) is 9.59 Å². The van der Waals surface area contributed by atoms with E-state index in [1.165, 1.54) is 13.2 Å². The lowest BCUT2D eigenvalue weighted by Gasteiger charge is -2.14. The van der Waals surface area contributed by atoms with E-state index in [9.17, 15) is 14.4 Å². The summed E-state index contributed by atoms with van der Waals surface area (Å²) < 4.78 is 11.6. The summed E-state index contributed by atoms with van der Waals surface area (Å²) in [6, 6.07) is 9.03. The fraction of sp³-hybridized carbons (Fsp3) is 0.208. The highest BCUT2D eigenvalue weighted by Gasteiger charge is 2.36. The number of nitrogens with one attached hydrogen (secondary N) is 1. The maximum Gasteiger partial charge on any atom is 0.294 e. The van der Waals surface area contributed by atoms with Crippen LogP contribution in [-0.4, -0.2) is 42.2 Å². The second-order valence-corrected chi connectivity index (χ2v) is 9.12. The third-order valence-corrected chi connectivity index (χ3v) is 5.90. The number of ether oxygens (including phenoxy) is 2. The zero-order valence-electron chi connectivity index (χ0n) is 18.2. The number of terminal acetylenes is 1. The number of thioether (sulfide) groups is 1. The molecule has 7 nitrogen and oxygen atoms in total. The minimum absolute atomic E-state index is 0.00108. The van der Waals surface area contributed by atoms with Crippen molar-refractivity contribution in [2.24, 2.45) is 0 Å². The number of nitrogens with zero attached hydrogens (tertiary/aromatic N) is 1. The van der Waals surface area contributed by atoms with E-state index in [1.54, 1.807) is 12.1 Å². The first-order valence-electron chi connectivity index (χ1n) is 9.79. The standard InChI is InChI=1S/C24H21BrN2O5S/c1-5-6-32-22-16(10-17(25)12-19(22)31-4)11-20-23(29)27(24(30)33-20)13-21(28)26-18-8-14(2)7-15(3)9-18/h1,7-12H,6,13H2,2-4H3,(H,26,28)/b20-11+. The van der Waals surface area contributed by atoms with E-state index in [0.29, 0.717) is 27.2 Å². The minimum Gasteiger partial charge on any atom is -0.493 e. The minimum atomic E-state index is -0.567. The molecule has 3 rings (SSSR count). The second kappa shape index (κ2) is 10.6. The summed E-state index contributed by atoms with van der Waals surface area (Å²) in [4.78, 5) is 39.0. The number of aryl methyl sites for hydroxylation is 2. The predicted molar refractivity (Wildman–Crippen MR) is 132 cm³/mol. The fourth-order valence-electron chi connectivity index (χ4n) is 3.28. The second-order valence-electron chi connectivity index (χ2n) is 7.21. The molecule has 0 unspecified atom stereocenters. The van der Waals surface area contributed by atoms with Crippen LogP contribution in [0.15, 0.2) is 39.7 Å². The van der Waals surface area contributed by atoms with Gasteiger partial charge >= 0.3 is 0 Å². The Bertz CT molecular complexity index is 1180. The molecule has 0 radical (unpaired) electrons. The average Bonchev–Trinajstić information content (AvgIpc) is 2.99. The zero-order chi connectivity index (χ0) is 24.1. The van der Waals surface area contributed by atoms with E-state index in [4.69, 9.17) is 15.9 Å². The van der Waals surface area contributed by atoms with E-state index in [1.807, 2.05) is 32.0 Å². The Morgan fingerprint density at radius 3 is 2.55 bits per heavy atom. The van der Waals surface area contributed by atoms with Crippen LogP contribution in [0.4, 0.5) is 10.5 Å².